The van der Waals surface area contributed by atoms with Crippen LogP contribution < -0.4 is 4.72 Å². The molecule has 0 spiro atoms. The van der Waals surface area contributed by atoms with Crippen molar-refractivity contribution in [3.8, 4) is 0 Å². The maximum Gasteiger partial charge on any atom is 0.409 e. The molecule has 1 unspecified atom stereocenters. The van der Waals surface area contributed by atoms with Crippen molar-refractivity contribution in [3.63, 3.8) is 0 Å². The zero-order valence-electron chi connectivity index (χ0n) is 12.4. The minimum absolute atomic E-state index is 0.0423. The highest BCUT2D eigenvalue weighted by molar-refractivity contribution is 7.89. The smallest absolute Gasteiger partial charge is 0.409 e. The number of hydrogen-bond acceptors (Lipinski definition) is 5. The molecule has 7 nitrogen and oxygen atoms in total. The molecule has 2 rings (SSSR count). The van der Waals surface area contributed by atoms with Crippen LogP contribution >= 0.6 is 0 Å². The largest absolute Gasteiger partial charge is 0.444 e. The van der Waals surface area contributed by atoms with Crippen LogP contribution in [0.2, 0.25) is 0 Å². The van der Waals surface area contributed by atoms with Crippen LogP contribution in [-0.2, 0) is 14.8 Å². The Morgan fingerprint density at radius 1 is 1.45 bits per heavy atom. The number of cyclic esters (lactones) is 1. The van der Waals surface area contributed by atoms with Gasteiger partial charge >= 0.3 is 6.09 Å². The summed E-state index contributed by atoms with van der Waals surface area (Å²) >= 11 is 0. The van der Waals surface area contributed by atoms with E-state index < -0.39 is 16.1 Å². The number of ether oxygens (including phenoxy) is 1. The molecule has 1 saturated heterocycles. The molecule has 8 heteroatoms. The molecule has 0 bridgehead atoms. The summed E-state index contributed by atoms with van der Waals surface area (Å²) in [6, 6.07) is 5.86. The first-order chi connectivity index (χ1) is 10.3. The average molecular weight is 326 g/mol. The molecular formula is C14H18N2O5S. The molecule has 1 aliphatic rings. The predicted octanol–water partition coefficient (Wildman–Crippen LogP) is 1.01. The van der Waals surface area contributed by atoms with E-state index in [-0.39, 0.29) is 23.3 Å². The molecule has 0 radical (unpaired) electrons. The average Bonchev–Trinajstić information content (AvgIpc) is 2.77. The van der Waals surface area contributed by atoms with Crippen molar-refractivity contribution in [1.82, 2.24) is 9.62 Å². The summed E-state index contributed by atoms with van der Waals surface area (Å²) in [7, 11) is -2.07. The Morgan fingerprint density at radius 3 is 2.77 bits per heavy atom. The fourth-order valence-corrected chi connectivity index (χ4v) is 3.21. The number of amides is 1. The Labute approximate surface area is 129 Å². The van der Waals surface area contributed by atoms with Crippen LogP contribution in [0.4, 0.5) is 4.79 Å². The molecule has 1 aliphatic heterocycles. The van der Waals surface area contributed by atoms with E-state index >= 15 is 0 Å². The van der Waals surface area contributed by atoms with Crippen LogP contribution in [0, 0.1) is 0 Å². The molecule has 1 heterocycles. The summed E-state index contributed by atoms with van der Waals surface area (Å²) in [6.45, 7) is 1.98. The Bertz CT molecular complexity index is 686. The Balaban J connectivity index is 1.95. The lowest BCUT2D eigenvalue weighted by molar-refractivity contribution is 0.101. The lowest BCUT2D eigenvalue weighted by atomic mass is 10.2. The third kappa shape index (κ3) is 3.83. The molecule has 1 N–H and O–H groups in total. The topological polar surface area (TPSA) is 92.8 Å². The highest BCUT2D eigenvalue weighted by atomic mass is 32.2. The number of ketones is 1. The van der Waals surface area contributed by atoms with Crippen LogP contribution in [0.3, 0.4) is 0 Å². The summed E-state index contributed by atoms with van der Waals surface area (Å²) in [5, 5.41) is 0. The van der Waals surface area contributed by atoms with Crippen molar-refractivity contribution >= 4 is 21.9 Å². The summed E-state index contributed by atoms with van der Waals surface area (Å²) in [5.41, 5.74) is 0.342. The number of Topliss-reactive ketones (excluding diaryl/α,β-unsaturated/α-hetero) is 1. The minimum Gasteiger partial charge on any atom is -0.444 e. The first kappa shape index (κ1) is 16.4. The first-order valence-electron chi connectivity index (χ1n) is 6.82. The number of nitrogens with zero attached hydrogens (tertiary/aromatic N) is 1. The lowest BCUT2D eigenvalue weighted by Gasteiger charge is -2.10. The van der Waals surface area contributed by atoms with E-state index in [1.807, 2.05) is 0 Å². The van der Waals surface area contributed by atoms with Gasteiger partial charge in [-0.15, -0.1) is 0 Å². The Hall–Kier alpha value is -1.93. The summed E-state index contributed by atoms with van der Waals surface area (Å²) in [5.74, 6) is -0.196. The lowest BCUT2D eigenvalue weighted by Crippen LogP contribution is -2.28. The highest BCUT2D eigenvalue weighted by Gasteiger charge is 2.28. The third-order valence-corrected chi connectivity index (χ3v) is 4.82. The van der Waals surface area contributed by atoms with Gasteiger partial charge in [-0.3, -0.25) is 4.79 Å². The number of benzene rings is 1. The second kappa shape index (κ2) is 6.45. The van der Waals surface area contributed by atoms with Gasteiger partial charge in [0, 0.05) is 19.2 Å². The van der Waals surface area contributed by atoms with Crippen LogP contribution in [0.1, 0.15) is 23.7 Å². The van der Waals surface area contributed by atoms with Crippen LogP contribution in [0.15, 0.2) is 29.2 Å². The minimum atomic E-state index is -3.69. The molecular weight excluding hydrogens is 308 g/mol. The van der Waals surface area contributed by atoms with Crippen LogP contribution in [0.25, 0.3) is 0 Å². The van der Waals surface area contributed by atoms with Crippen LogP contribution in [-0.4, -0.2) is 51.4 Å². The van der Waals surface area contributed by atoms with Gasteiger partial charge < -0.3 is 9.64 Å². The SMILES string of the molecule is CC(=O)c1cccc(S(=O)(=O)NCCC2CN(C)C(=O)O2)c1. The van der Waals surface area contributed by atoms with Gasteiger partial charge in [-0.1, -0.05) is 12.1 Å². The predicted molar refractivity (Wildman–Crippen MR) is 79.2 cm³/mol. The van der Waals surface area contributed by atoms with Gasteiger partial charge in [0.05, 0.1) is 11.4 Å². The van der Waals surface area contributed by atoms with E-state index in [4.69, 9.17) is 4.74 Å². The number of likely N-dealkylation sites (N-methyl/N-ethyl adjacent to an activating group) is 1. The molecule has 120 valence electrons. The standard InChI is InChI=1S/C14H18N2O5S/c1-10(17)11-4-3-5-13(8-11)22(19,20)15-7-6-12-9-16(2)14(18)21-12/h3-5,8,12,15H,6-7,9H2,1-2H3. The monoisotopic (exact) mass is 326 g/mol. The molecule has 0 saturated carbocycles. The Morgan fingerprint density at radius 2 is 2.18 bits per heavy atom. The van der Waals surface area contributed by atoms with E-state index in [1.165, 1.54) is 30.0 Å². The van der Waals surface area contributed by atoms with Crippen molar-refractivity contribution in [2.45, 2.75) is 24.3 Å². The number of carbonyl (C=O) groups excluding carboxylic acids is 2. The van der Waals surface area contributed by atoms with E-state index in [9.17, 15) is 18.0 Å². The first-order valence-corrected chi connectivity index (χ1v) is 8.30. The van der Waals surface area contributed by atoms with Crippen molar-refractivity contribution in [2.75, 3.05) is 20.1 Å². The molecule has 22 heavy (non-hydrogen) atoms. The normalized spacial score (nSPS) is 18.4. The quantitative estimate of drug-likeness (QED) is 0.788. The van der Waals surface area contributed by atoms with E-state index in [1.54, 1.807) is 13.1 Å². The van der Waals surface area contributed by atoms with Gasteiger partial charge in [0.1, 0.15) is 6.10 Å². The molecule has 1 atom stereocenters. The zero-order chi connectivity index (χ0) is 16.3. The Kier molecular flexibility index (Phi) is 4.82. The number of carbonyl (C=O) groups is 2. The molecule has 1 amide bonds. The fraction of sp³-hybridized carbons (Fsp3) is 0.429. The van der Waals surface area contributed by atoms with Gasteiger partial charge in [0.2, 0.25) is 10.0 Å². The third-order valence-electron chi connectivity index (χ3n) is 3.37. The second-order valence-electron chi connectivity index (χ2n) is 5.16. The maximum atomic E-state index is 12.2. The number of nitrogens with one attached hydrogen (secondary N) is 1. The van der Waals surface area contributed by atoms with E-state index in [0.717, 1.165) is 0 Å². The van der Waals surface area contributed by atoms with Crippen molar-refractivity contribution < 1.29 is 22.7 Å². The van der Waals surface area contributed by atoms with Gasteiger partial charge in [-0.25, -0.2) is 17.9 Å². The van der Waals surface area contributed by atoms with Crippen molar-refractivity contribution in [1.29, 1.82) is 0 Å². The van der Waals surface area contributed by atoms with E-state index in [2.05, 4.69) is 4.72 Å². The number of rotatable bonds is 6. The van der Waals surface area contributed by atoms with Gasteiger partial charge in [0.25, 0.3) is 0 Å². The summed E-state index contributed by atoms with van der Waals surface area (Å²) < 4.78 is 31.8. The van der Waals surface area contributed by atoms with E-state index in [0.29, 0.717) is 18.5 Å². The molecule has 1 fully saturated rings. The van der Waals surface area contributed by atoms with Crippen LogP contribution in [0.5, 0.6) is 0 Å². The summed E-state index contributed by atoms with van der Waals surface area (Å²) in [6.07, 6.45) is -0.326. The molecule has 0 aromatic heterocycles. The molecule has 0 aliphatic carbocycles. The fourth-order valence-electron chi connectivity index (χ4n) is 2.12. The van der Waals surface area contributed by atoms with Gasteiger partial charge in [0.15, 0.2) is 5.78 Å². The zero-order valence-corrected chi connectivity index (χ0v) is 13.2. The van der Waals surface area contributed by atoms with Gasteiger partial charge in [-0.05, 0) is 25.5 Å². The van der Waals surface area contributed by atoms with Crippen molar-refractivity contribution in [2.24, 2.45) is 0 Å². The second-order valence-corrected chi connectivity index (χ2v) is 6.92. The molecule has 1 aromatic carbocycles. The summed E-state index contributed by atoms with van der Waals surface area (Å²) in [4.78, 5) is 24.0. The number of hydrogen-bond donors (Lipinski definition) is 1. The maximum absolute atomic E-state index is 12.2. The highest BCUT2D eigenvalue weighted by Crippen LogP contribution is 2.14. The van der Waals surface area contributed by atoms with Gasteiger partial charge in [-0.2, -0.15) is 0 Å². The number of sulfonamides is 1. The molecule has 1 aromatic rings. The van der Waals surface area contributed by atoms with Crippen molar-refractivity contribution in [3.05, 3.63) is 29.8 Å².